The molecule has 3 rings (SSSR count). The normalized spacial score (nSPS) is 12.8. The topological polar surface area (TPSA) is 69.0 Å². The zero-order valence-electron chi connectivity index (χ0n) is 15.9. The lowest BCUT2D eigenvalue weighted by atomic mass is 10.1. The van der Waals surface area contributed by atoms with Crippen LogP contribution in [0.3, 0.4) is 0 Å². The maximum atomic E-state index is 12.3. The number of aromatic amines is 2. The van der Waals surface area contributed by atoms with Crippen molar-refractivity contribution in [3.05, 3.63) is 89.2 Å². The van der Waals surface area contributed by atoms with Gasteiger partial charge in [0.15, 0.2) is 0 Å². The van der Waals surface area contributed by atoms with Crippen LogP contribution < -0.4 is 21.8 Å². The predicted molar refractivity (Wildman–Crippen MR) is 120 cm³/mol. The fraction of sp³-hybridized carbons (Fsp3) is 0.238. The van der Waals surface area contributed by atoms with Gasteiger partial charge in [-0.1, -0.05) is 24.3 Å². The summed E-state index contributed by atoms with van der Waals surface area (Å²) in [5.41, 5.74) is 2.37. The number of thioether (sulfide) groups is 1. The first-order chi connectivity index (χ1) is 13.5. The van der Waals surface area contributed by atoms with Crippen molar-refractivity contribution in [3.8, 4) is 0 Å². The van der Waals surface area contributed by atoms with Crippen LogP contribution in [0.15, 0.2) is 50.7 Å². The van der Waals surface area contributed by atoms with Gasteiger partial charge in [0.2, 0.25) is 0 Å². The summed E-state index contributed by atoms with van der Waals surface area (Å²) < 4.78 is 0. The van der Waals surface area contributed by atoms with Crippen molar-refractivity contribution in [2.45, 2.75) is 5.75 Å². The lowest BCUT2D eigenvalue weighted by Gasteiger charge is -2.08. The number of hydrogen-bond donors (Lipinski definition) is 2. The summed E-state index contributed by atoms with van der Waals surface area (Å²) in [6.07, 6.45) is 3.36. The molecule has 1 aromatic carbocycles. The molecule has 28 heavy (non-hydrogen) atoms. The Morgan fingerprint density at radius 3 is 2.18 bits per heavy atom. The van der Waals surface area contributed by atoms with E-state index in [0.29, 0.717) is 0 Å². The summed E-state index contributed by atoms with van der Waals surface area (Å²) in [4.78, 5) is 32.1. The number of benzene rings is 1. The average molecular weight is 414 g/mol. The SMILES string of the molecule is CN(C)CCSCc1ccc(C=c2[nH]c(=O)c(=Cc3ccsc3)[nH]c2=O)cc1. The molecule has 0 fully saturated rings. The Hall–Kier alpha value is -2.35. The van der Waals surface area contributed by atoms with Crippen LogP contribution in [0.1, 0.15) is 16.7 Å². The summed E-state index contributed by atoms with van der Waals surface area (Å²) in [5.74, 6) is 2.05. The third kappa shape index (κ3) is 5.82. The number of nitrogens with one attached hydrogen (secondary N) is 2. The molecule has 2 N–H and O–H groups in total. The summed E-state index contributed by atoms with van der Waals surface area (Å²) in [6, 6.07) is 9.93. The molecular formula is C21H23N3O2S2. The largest absolute Gasteiger partial charge is 0.316 e. The van der Waals surface area contributed by atoms with E-state index in [2.05, 4.69) is 41.1 Å². The molecule has 5 nitrogen and oxygen atoms in total. The van der Waals surface area contributed by atoms with E-state index < -0.39 is 0 Å². The van der Waals surface area contributed by atoms with Gasteiger partial charge in [-0.3, -0.25) is 9.59 Å². The molecule has 2 aromatic heterocycles. The van der Waals surface area contributed by atoms with Gasteiger partial charge in [0, 0.05) is 18.1 Å². The Balaban J connectivity index is 1.77. The Bertz CT molecular complexity index is 1130. The van der Waals surface area contributed by atoms with Gasteiger partial charge >= 0.3 is 0 Å². The second kappa shape index (κ2) is 9.73. The minimum absolute atomic E-state index is 0.251. The van der Waals surface area contributed by atoms with Crippen LogP contribution in [0, 0.1) is 0 Å². The summed E-state index contributed by atoms with van der Waals surface area (Å²) in [6.45, 7) is 1.06. The molecule has 0 saturated carbocycles. The monoisotopic (exact) mass is 413 g/mol. The second-order valence-electron chi connectivity index (χ2n) is 6.68. The Labute approximate surface area is 171 Å². The molecule has 0 aliphatic heterocycles. The van der Waals surface area contributed by atoms with Crippen LogP contribution >= 0.6 is 23.1 Å². The van der Waals surface area contributed by atoms with Gasteiger partial charge in [0.05, 0.1) is 0 Å². The first kappa shape index (κ1) is 20.4. The van der Waals surface area contributed by atoms with E-state index in [1.54, 1.807) is 12.2 Å². The summed E-state index contributed by atoms with van der Waals surface area (Å²) in [7, 11) is 4.15. The number of hydrogen-bond acceptors (Lipinski definition) is 5. The zero-order chi connectivity index (χ0) is 19.9. The highest BCUT2D eigenvalue weighted by atomic mass is 32.2. The van der Waals surface area contributed by atoms with E-state index >= 15 is 0 Å². The highest BCUT2D eigenvalue weighted by Crippen LogP contribution is 2.13. The molecule has 7 heteroatoms. The molecule has 0 atom stereocenters. The fourth-order valence-electron chi connectivity index (χ4n) is 2.53. The van der Waals surface area contributed by atoms with Crippen molar-refractivity contribution >= 4 is 35.3 Å². The third-order valence-electron chi connectivity index (χ3n) is 4.08. The van der Waals surface area contributed by atoms with Gasteiger partial charge in [-0.25, -0.2) is 0 Å². The molecule has 146 valence electrons. The third-order valence-corrected chi connectivity index (χ3v) is 5.79. The van der Waals surface area contributed by atoms with E-state index in [9.17, 15) is 9.59 Å². The molecule has 0 saturated heterocycles. The lowest BCUT2D eigenvalue weighted by Crippen LogP contribution is -2.46. The van der Waals surface area contributed by atoms with Crippen molar-refractivity contribution in [2.24, 2.45) is 0 Å². The van der Waals surface area contributed by atoms with E-state index in [1.165, 1.54) is 16.9 Å². The highest BCUT2D eigenvalue weighted by Gasteiger charge is 1.99. The van der Waals surface area contributed by atoms with Crippen molar-refractivity contribution < 1.29 is 0 Å². The maximum absolute atomic E-state index is 12.3. The molecule has 0 spiro atoms. The van der Waals surface area contributed by atoms with Crippen LogP contribution in [0.4, 0.5) is 0 Å². The molecule has 0 unspecified atom stereocenters. The molecule has 0 aliphatic carbocycles. The van der Waals surface area contributed by atoms with Gasteiger partial charge in [-0.15, -0.1) is 0 Å². The molecule has 0 amide bonds. The smallest absolute Gasteiger partial charge is 0.272 e. The van der Waals surface area contributed by atoms with Crippen LogP contribution in [0.25, 0.3) is 12.2 Å². The van der Waals surface area contributed by atoms with Gasteiger partial charge in [-0.05, 0) is 59.8 Å². The van der Waals surface area contributed by atoms with E-state index in [-0.39, 0.29) is 21.8 Å². The zero-order valence-corrected chi connectivity index (χ0v) is 17.5. The lowest BCUT2D eigenvalue weighted by molar-refractivity contribution is 0.437. The molecule has 2 heterocycles. The van der Waals surface area contributed by atoms with Crippen LogP contribution in [-0.4, -0.2) is 41.3 Å². The van der Waals surface area contributed by atoms with E-state index in [4.69, 9.17) is 0 Å². The Morgan fingerprint density at radius 1 is 0.964 bits per heavy atom. The number of aromatic nitrogens is 2. The van der Waals surface area contributed by atoms with E-state index in [0.717, 1.165) is 29.2 Å². The molecule has 3 aromatic rings. The molecule has 0 bridgehead atoms. The average Bonchev–Trinajstić information content (AvgIpc) is 3.17. The van der Waals surface area contributed by atoms with Gasteiger partial charge in [0.1, 0.15) is 10.7 Å². The summed E-state index contributed by atoms with van der Waals surface area (Å²) in [5, 5.41) is 4.34. The maximum Gasteiger partial charge on any atom is 0.272 e. The molecule has 0 aliphatic rings. The fourth-order valence-corrected chi connectivity index (χ4v) is 4.22. The second-order valence-corrected chi connectivity index (χ2v) is 8.56. The van der Waals surface area contributed by atoms with Crippen molar-refractivity contribution in [2.75, 3.05) is 26.4 Å². The van der Waals surface area contributed by atoms with Crippen molar-refractivity contribution in [1.82, 2.24) is 14.9 Å². The number of nitrogens with zero attached hydrogens (tertiary/aromatic N) is 1. The first-order valence-corrected chi connectivity index (χ1v) is 11.0. The minimum atomic E-state index is -0.315. The molecule has 0 radical (unpaired) electrons. The molecular weight excluding hydrogens is 390 g/mol. The number of H-pyrrole nitrogens is 2. The van der Waals surface area contributed by atoms with Gasteiger partial charge < -0.3 is 14.9 Å². The van der Waals surface area contributed by atoms with Crippen LogP contribution in [0.2, 0.25) is 0 Å². The van der Waals surface area contributed by atoms with Gasteiger partial charge in [-0.2, -0.15) is 23.1 Å². The van der Waals surface area contributed by atoms with Crippen molar-refractivity contribution in [1.29, 1.82) is 0 Å². The standard InChI is InChI=1S/C21H23N3O2S2/c1-24(2)8-10-28-13-16-5-3-15(4-6-16)11-18-20(25)23-19(21(26)22-18)12-17-7-9-27-14-17/h3-7,9,11-12,14H,8,10,13H2,1-2H3,(H,22,26)(H,23,25). The Kier molecular flexibility index (Phi) is 7.08. The predicted octanol–water partition coefficient (Wildman–Crippen LogP) is 1.58. The highest BCUT2D eigenvalue weighted by molar-refractivity contribution is 7.98. The van der Waals surface area contributed by atoms with Crippen LogP contribution in [0.5, 0.6) is 0 Å². The number of rotatable bonds is 7. The first-order valence-electron chi connectivity index (χ1n) is 8.91. The number of thiophene rings is 1. The minimum Gasteiger partial charge on any atom is -0.316 e. The van der Waals surface area contributed by atoms with E-state index in [1.807, 2.05) is 40.7 Å². The quantitative estimate of drug-likeness (QED) is 0.577. The van der Waals surface area contributed by atoms with Gasteiger partial charge in [0.25, 0.3) is 11.1 Å². The Morgan fingerprint density at radius 2 is 1.61 bits per heavy atom. The van der Waals surface area contributed by atoms with Crippen molar-refractivity contribution in [3.63, 3.8) is 0 Å². The summed E-state index contributed by atoms with van der Waals surface area (Å²) >= 11 is 3.43. The van der Waals surface area contributed by atoms with Crippen LogP contribution in [-0.2, 0) is 5.75 Å².